The van der Waals surface area contributed by atoms with Crippen molar-refractivity contribution < 1.29 is 0 Å². The summed E-state index contributed by atoms with van der Waals surface area (Å²) in [6.07, 6.45) is 3.28. The summed E-state index contributed by atoms with van der Waals surface area (Å²) in [6.45, 7) is 2.23. The third kappa shape index (κ3) is 1.44. The van der Waals surface area contributed by atoms with Gasteiger partial charge >= 0.3 is 0 Å². The highest BCUT2D eigenvalue weighted by Gasteiger charge is 2.33. The van der Waals surface area contributed by atoms with Crippen molar-refractivity contribution in [1.29, 1.82) is 0 Å². The number of benzene rings is 1. The highest BCUT2D eigenvalue weighted by molar-refractivity contribution is 7.39. The smallest absolute Gasteiger partial charge is 0.0554 e. The molecule has 0 bridgehead atoms. The van der Waals surface area contributed by atoms with Crippen LogP contribution in [0.2, 0.25) is 0 Å². The lowest BCUT2D eigenvalue weighted by molar-refractivity contribution is 0.831. The summed E-state index contributed by atoms with van der Waals surface area (Å²) in [4.78, 5) is 0. The molecule has 0 aliphatic carbocycles. The third-order valence-corrected chi connectivity index (χ3v) is 4.51. The Kier molecular flexibility index (Phi) is 2.17. The summed E-state index contributed by atoms with van der Waals surface area (Å²) < 4.78 is 0. The van der Waals surface area contributed by atoms with Gasteiger partial charge in [0.25, 0.3) is 0 Å². The van der Waals surface area contributed by atoms with Crippen molar-refractivity contribution in [2.75, 3.05) is 11.6 Å². The molecule has 0 saturated heterocycles. The first-order valence-corrected chi connectivity index (χ1v) is 6.63. The minimum absolute atomic E-state index is 0.578. The van der Waals surface area contributed by atoms with Crippen molar-refractivity contribution in [3.05, 3.63) is 41.6 Å². The Hall–Kier alpha value is -1.01. The average Bonchev–Trinajstić information content (AvgIpc) is 2.53. The van der Waals surface area contributed by atoms with Crippen molar-refractivity contribution >= 4 is 14.3 Å². The molecule has 3 heteroatoms. The van der Waals surface area contributed by atoms with Gasteiger partial charge in [-0.25, -0.2) is 0 Å². The second kappa shape index (κ2) is 3.53. The van der Waals surface area contributed by atoms with E-state index < -0.39 is 0 Å². The second-order valence-electron chi connectivity index (χ2n) is 4.16. The third-order valence-electron chi connectivity index (χ3n) is 3.18. The minimum Gasteiger partial charge on any atom is -0.387 e. The first-order chi connectivity index (χ1) is 7.36. The zero-order chi connectivity index (χ0) is 10.3. The Balaban J connectivity index is 2.07. The molecule has 0 amide bonds. The minimum atomic E-state index is 0.578. The zero-order valence-corrected chi connectivity index (χ0v) is 9.75. The lowest BCUT2D eigenvalue weighted by atomic mass is 9.94. The van der Waals surface area contributed by atoms with Crippen LogP contribution in [0.3, 0.4) is 0 Å². The molecule has 1 aromatic rings. The number of rotatable bonds is 0. The maximum atomic E-state index is 3.64. The largest absolute Gasteiger partial charge is 0.387 e. The van der Waals surface area contributed by atoms with Crippen LogP contribution in [0.25, 0.3) is 0 Å². The fourth-order valence-corrected chi connectivity index (χ4v) is 3.85. The van der Waals surface area contributed by atoms with E-state index in [4.69, 9.17) is 0 Å². The van der Waals surface area contributed by atoms with Crippen molar-refractivity contribution in [3.8, 4) is 0 Å². The predicted molar refractivity (Wildman–Crippen MR) is 66.7 cm³/mol. The van der Waals surface area contributed by atoms with Crippen LogP contribution >= 0.6 is 8.58 Å². The Morgan fingerprint density at radius 2 is 2.20 bits per heavy atom. The summed E-state index contributed by atoms with van der Waals surface area (Å²) >= 11 is 0. The van der Waals surface area contributed by atoms with Crippen LogP contribution in [0.15, 0.2) is 36.0 Å². The molecule has 2 aliphatic heterocycles. The molecule has 0 spiro atoms. The molecule has 0 aromatic heterocycles. The molecular weight excluding hydrogens is 203 g/mol. The lowest BCUT2D eigenvalue weighted by Gasteiger charge is -2.17. The van der Waals surface area contributed by atoms with E-state index in [0.717, 1.165) is 14.9 Å². The number of anilines is 1. The molecule has 3 rings (SSSR count). The van der Waals surface area contributed by atoms with E-state index in [2.05, 4.69) is 48.0 Å². The molecule has 78 valence electrons. The molecule has 1 aromatic carbocycles. The SMILES string of the molecule is CC1=CNCPC2Nc3ccccc3C12. The van der Waals surface area contributed by atoms with Gasteiger partial charge in [-0.3, -0.25) is 0 Å². The molecule has 2 heterocycles. The van der Waals surface area contributed by atoms with Crippen LogP contribution in [0.1, 0.15) is 18.4 Å². The maximum Gasteiger partial charge on any atom is 0.0554 e. The van der Waals surface area contributed by atoms with Gasteiger partial charge in [0.2, 0.25) is 0 Å². The van der Waals surface area contributed by atoms with Gasteiger partial charge in [0.05, 0.1) is 5.78 Å². The predicted octanol–water partition coefficient (Wildman–Crippen LogP) is 2.66. The number of nitrogens with one attached hydrogen (secondary N) is 2. The van der Waals surface area contributed by atoms with Gasteiger partial charge < -0.3 is 10.6 Å². The van der Waals surface area contributed by atoms with Crippen LogP contribution in [0, 0.1) is 0 Å². The summed E-state index contributed by atoms with van der Waals surface area (Å²) in [6, 6.07) is 8.68. The highest BCUT2D eigenvalue weighted by atomic mass is 31.1. The van der Waals surface area contributed by atoms with Crippen LogP contribution < -0.4 is 10.6 Å². The van der Waals surface area contributed by atoms with E-state index in [1.165, 1.54) is 16.8 Å². The molecule has 0 saturated carbocycles. The van der Waals surface area contributed by atoms with Gasteiger partial charge in [0.1, 0.15) is 0 Å². The van der Waals surface area contributed by atoms with Gasteiger partial charge in [-0.05, 0) is 30.3 Å². The van der Waals surface area contributed by atoms with E-state index in [1.807, 2.05) is 0 Å². The molecule has 15 heavy (non-hydrogen) atoms. The molecule has 2 nitrogen and oxygen atoms in total. The van der Waals surface area contributed by atoms with Crippen molar-refractivity contribution in [2.45, 2.75) is 18.6 Å². The number of hydrogen-bond acceptors (Lipinski definition) is 2. The molecule has 3 unspecified atom stereocenters. The van der Waals surface area contributed by atoms with Gasteiger partial charge in [-0.2, -0.15) is 0 Å². The van der Waals surface area contributed by atoms with E-state index in [9.17, 15) is 0 Å². The summed E-state index contributed by atoms with van der Waals surface area (Å²) in [7, 11) is 0.937. The monoisotopic (exact) mass is 218 g/mol. The van der Waals surface area contributed by atoms with Crippen LogP contribution in [-0.2, 0) is 0 Å². The van der Waals surface area contributed by atoms with Gasteiger partial charge in [0, 0.05) is 17.9 Å². The molecule has 0 fully saturated rings. The van der Waals surface area contributed by atoms with Crippen LogP contribution in [0.4, 0.5) is 5.69 Å². The Labute approximate surface area is 91.9 Å². The van der Waals surface area contributed by atoms with Crippen LogP contribution in [-0.4, -0.2) is 12.1 Å². The van der Waals surface area contributed by atoms with Gasteiger partial charge in [0.15, 0.2) is 0 Å². The fourth-order valence-electron chi connectivity index (χ4n) is 2.48. The number of para-hydroxylation sites is 1. The quantitative estimate of drug-likeness (QED) is 0.654. The first-order valence-electron chi connectivity index (χ1n) is 5.35. The summed E-state index contributed by atoms with van der Waals surface area (Å²) in [5.74, 6) is 1.18. The molecule has 0 radical (unpaired) electrons. The molecule has 3 atom stereocenters. The normalized spacial score (nSPS) is 29.5. The van der Waals surface area contributed by atoms with Gasteiger partial charge in [-0.1, -0.05) is 26.8 Å². The summed E-state index contributed by atoms with van der Waals surface area (Å²) in [5, 5.41) is 7.01. The topological polar surface area (TPSA) is 24.1 Å². The molecular formula is C12H15N2P. The van der Waals surface area contributed by atoms with E-state index in [1.54, 1.807) is 0 Å². The second-order valence-corrected chi connectivity index (χ2v) is 5.54. The van der Waals surface area contributed by atoms with Crippen molar-refractivity contribution in [2.24, 2.45) is 0 Å². The first kappa shape index (κ1) is 9.23. The Morgan fingerprint density at radius 1 is 1.33 bits per heavy atom. The fraction of sp³-hybridized carbons (Fsp3) is 0.333. The molecule has 2 aliphatic rings. The van der Waals surface area contributed by atoms with Crippen molar-refractivity contribution in [3.63, 3.8) is 0 Å². The maximum absolute atomic E-state index is 3.64. The average molecular weight is 218 g/mol. The van der Waals surface area contributed by atoms with Crippen molar-refractivity contribution in [1.82, 2.24) is 5.32 Å². The van der Waals surface area contributed by atoms with E-state index in [-0.39, 0.29) is 0 Å². The highest BCUT2D eigenvalue weighted by Crippen LogP contribution is 2.46. The molecule has 2 N–H and O–H groups in total. The zero-order valence-electron chi connectivity index (χ0n) is 8.75. The van der Waals surface area contributed by atoms with E-state index in [0.29, 0.717) is 11.7 Å². The van der Waals surface area contributed by atoms with Gasteiger partial charge in [-0.15, -0.1) is 0 Å². The Morgan fingerprint density at radius 3 is 3.13 bits per heavy atom. The number of fused-ring (bicyclic) bond motifs is 3. The summed E-state index contributed by atoms with van der Waals surface area (Å²) in [5.41, 5.74) is 4.24. The Bertz CT molecular complexity index is 414. The van der Waals surface area contributed by atoms with E-state index >= 15 is 0 Å². The standard InChI is InChI=1S/C12H15N2P/c1-8-6-13-7-15-12-11(8)9-4-2-3-5-10(9)14-12/h2-6,11-15H,7H2,1H3. The lowest BCUT2D eigenvalue weighted by Crippen LogP contribution is -2.15. The van der Waals surface area contributed by atoms with Crippen LogP contribution in [0.5, 0.6) is 0 Å². The number of hydrogen-bond donors (Lipinski definition) is 2.